The first-order valence-corrected chi connectivity index (χ1v) is 13.4. The number of hydrogen-bond donors (Lipinski definition) is 1. The third-order valence-corrected chi connectivity index (χ3v) is 6.45. The lowest BCUT2D eigenvalue weighted by atomic mass is 10.1. The zero-order valence-electron chi connectivity index (χ0n) is 22.6. The van der Waals surface area contributed by atoms with Gasteiger partial charge in [-0.05, 0) is 84.2 Å². The van der Waals surface area contributed by atoms with Gasteiger partial charge in [-0.2, -0.15) is 4.98 Å². The first-order valence-electron chi connectivity index (χ1n) is 12.2. The summed E-state index contributed by atoms with van der Waals surface area (Å²) in [5, 5.41) is 2.91. The van der Waals surface area contributed by atoms with Crippen LogP contribution in [0.4, 0.5) is 15.4 Å². The molecule has 0 bridgehead atoms. The second-order valence-electron chi connectivity index (χ2n) is 10.7. The molecule has 3 aromatic rings. The monoisotopic (exact) mass is 550 g/mol. The molecule has 0 aromatic carbocycles. The number of halogens is 1. The largest absolute Gasteiger partial charge is 0.467 e. The number of fused-ring (bicyclic) bond motifs is 1. The molecule has 2 amide bonds. The Morgan fingerprint density at radius 3 is 2.41 bits per heavy atom. The highest BCUT2D eigenvalue weighted by Crippen LogP contribution is 2.38. The Kier molecular flexibility index (Phi) is 8.74. The fourth-order valence-corrected chi connectivity index (χ4v) is 5.30. The van der Waals surface area contributed by atoms with E-state index in [1.54, 1.807) is 39.2 Å². The van der Waals surface area contributed by atoms with E-state index in [2.05, 4.69) is 15.3 Å². The quantitative estimate of drug-likeness (QED) is 0.319. The number of carbonyl (C=O) groups excluding carboxylic acids is 2. The summed E-state index contributed by atoms with van der Waals surface area (Å²) in [7, 11) is 0. The number of aromatic nitrogens is 2. The third-order valence-electron chi connectivity index (χ3n) is 5.04. The number of nitrogens with zero attached hydrogens (tertiary/aromatic N) is 3. The van der Waals surface area contributed by atoms with Crippen molar-refractivity contribution in [3.05, 3.63) is 39.9 Å². The highest BCUT2D eigenvalue weighted by Gasteiger charge is 2.30. The molecule has 0 spiro atoms. The van der Waals surface area contributed by atoms with Crippen LogP contribution < -0.4 is 10.2 Å². The number of anilines is 1. The molecule has 3 aromatic heterocycles. The maximum atomic E-state index is 13.3. The Labute approximate surface area is 226 Å². The average Bonchev–Trinajstić information content (AvgIpc) is 3.35. The van der Waals surface area contributed by atoms with Crippen molar-refractivity contribution in [2.24, 2.45) is 0 Å². The highest BCUT2D eigenvalue weighted by atomic mass is 35.5. The lowest BCUT2D eigenvalue weighted by Crippen LogP contribution is -2.38. The predicted molar refractivity (Wildman–Crippen MR) is 145 cm³/mol. The van der Waals surface area contributed by atoms with Gasteiger partial charge in [0.2, 0.25) is 5.28 Å². The first kappa shape index (κ1) is 28.7. The number of carbonyl (C=O) groups is 2. The van der Waals surface area contributed by atoms with Crippen LogP contribution in [-0.2, 0) is 28.9 Å². The maximum Gasteiger partial charge on any atom is 0.416 e. The van der Waals surface area contributed by atoms with Crippen LogP contribution in [0.1, 0.15) is 71.6 Å². The maximum absolute atomic E-state index is 13.3. The van der Waals surface area contributed by atoms with Crippen molar-refractivity contribution in [3.8, 4) is 0 Å². The van der Waals surface area contributed by atoms with Crippen LogP contribution in [0.15, 0.2) is 22.8 Å². The third kappa shape index (κ3) is 7.82. The molecular weight excluding hydrogens is 516 g/mol. The SMILES string of the molecule is CCc1c(CC(C)NC(=O)OC(C)(C)C)sc2c(N(Cc3ccco3)C(=O)OC(C)(C)C)nc(Cl)nc12. The van der Waals surface area contributed by atoms with Gasteiger partial charge in [-0.15, -0.1) is 11.3 Å². The smallest absolute Gasteiger partial charge is 0.416 e. The molecule has 0 radical (unpaired) electrons. The molecule has 0 aliphatic heterocycles. The van der Waals surface area contributed by atoms with Crippen LogP contribution in [0.2, 0.25) is 5.28 Å². The highest BCUT2D eigenvalue weighted by molar-refractivity contribution is 7.19. The second-order valence-corrected chi connectivity index (χ2v) is 12.2. The van der Waals surface area contributed by atoms with Gasteiger partial charge in [-0.3, -0.25) is 4.90 Å². The first-order chi connectivity index (χ1) is 17.2. The van der Waals surface area contributed by atoms with Crippen LogP contribution in [-0.4, -0.2) is 39.4 Å². The average molecular weight is 551 g/mol. The van der Waals surface area contributed by atoms with Crippen molar-refractivity contribution in [1.29, 1.82) is 0 Å². The van der Waals surface area contributed by atoms with Crippen molar-refractivity contribution in [1.82, 2.24) is 15.3 Å². The Morgan fingerprint density at radius 2 is 1.84 bits per heavy atom. The van der Waals surface area contributed by atoms with E-state index in [-0.39, 0.29) is 17.9 Å². The zero-order chi connectivity index (χ0) is 27.5. The van der Waals surface area contributed by atoms with E-state index in [0.717, 1.165) is 10.4 Å². The summed E-state index contributed by atoms with van der Waals surface area (Å²) in [6.45, 7) is 14.9. The van der Waals surface area contributed by atoms with Crippen molar-refractivity contribution in [2.45, 2.75) is 92.0 Å². The summed E-state index contributed by atoms with van der Waals surface area (Å²) in [6.07, 6.45) is 1.73. The van der Waals surface area contributed by atoms with Gasteiger partial charge < -0.3 is 19.2 Å². The molecule has 9 nitrogen and oxygen atoms in total. The summed E-state index contributed by atoms with van der Waals surface area (Å²) in [5.41, 5.74) is 0.364. The number of thiophene rings is 1. The predicted octanol–water partition coefficient (Wildman–Crippen LogP) is 6.90. The van der Waals surface area contributed by atoms with Crippen LogP contribution in [0.5, 0.6) is 0 Å². The van der Waals surface area contributed by atoms with Crippen molar-refractivity contribution >= 4 is 51.2 Å². The minimum atomic E-state index is -0.716. The minimum Gasteiger partial charge on any atom is -0.467 e. The van der Waals surface area contributed by atoms with Gasteiger partial charge >= 0.3 is 12.2 Å². The van der Waals surface area contributed by atoms with E-state index < -0.39 is 23.4 Å². The number of amides is 2. The second kappa shape index (κ2) is 11.3. The van der Waals surface area contributed by atoms with Crippen LogP contribution in [0.3, 0.4) is 0 Å². The molecule has 0 saturated heterocycles. The summed E-state index contributed by atoms with van der Waals surface area (Å²) in [6, 6.07) is 3.33. The number of aryl methyl sites for hydroxylation is 1. The molecule has 3 rings (SSSR count). The molecule has 1 N–H and O–H groups in total. The topological polar surface area (TPSA) is 107 Å². The van der Waals surface area contributed by atoms with E-state index in [0.29, 0.717) is 34.6 Å². The van der Waals surface area contributed by atoms with Gasteiger partial charge in [-0.1, -0.05) is 6.92 Å². The van der Waals surface area contributed by atoms with Crippen molar-refractivity contribution in [3.63, 3.8) is 0 Å². The van der Waals surface area contributed by atoms with Crippen LogP contribution in [0, 0.1) is 0 Å². The summed E-state index contributed by atoms with van der Waals surface area (Å²) in [5.74, 6) is 0.913. The summed E-state index contributed by atoms with van der Waals surface area (Å²) in [4.78, 5) is 37.0. The Hall–Kier alpha value is -2.85. The molecular formula is C26H35ClN4O5S. The number of alkyl carbamates (subject to hydrolysis) is 1. The lowest BCUT2D eigenvalue weighted by molar-refractivity contribution is 0.0506. The Morgan fingerprint density at radius 1 is 1.16 bits per heavy atom. The normalized spacial score (nSPS) is 12.9. The van der Waals surface area contributed by atoms with E-state index in [9.17, 15) is 9.59 Å². The molecule has 11 heteroatoms. The van der Waals surface area contributed by atoms with Gasteiger partial charge in [-0.25, -0.2) is 14.6 Å². The standard InChI is InChI=1S/C26H35ClN4O5S/c1-9-17-18(13-15(2)28-23(32)35-25(3,4)5)37-20-19(17)29-22(27)30-21(20)31(14-16-11-10-12-34-16)24(33)36-26(6,7)8/h10-12,15H,9,13-14H2,1-8H3,(H,28,32). The molecule has 3 heterocycles. The zero-order valence-corrected chi connectivity index (χ0v) is 24.2. The van der Waals surface area contributed by atoms with Gasteiger partial charge in [0.1, 0.15) is 17.0 Å². The molecule has 0 fully saturated rings. The number of ether oxygens (including phenoxy) is 2. The summed E-state index contributed by atoms with van der Waals surface area (Å²) >= 11 is 7.84. The van der Waals surface area contributed by atoms with E-state index >= 15 is 0 Å². The fraction of sp³-hybridized carbons (Fsp3) is 0.538. The van der Waals surface area contributed by atoms with E-state index in [1.807, 2.05) is 34.6 Å². The molecule has 1 unspecified atom stereocenters. The molecule has 37 heavy (non-hydrogen) atoms. The van der Waals surface area contributed by atoms with Gasteiger partial charge in [0.25, 0.3) is 0 Å². The summed E-state index contributed by atoms with van der Waals surface area (Å²) < 4.78 is 17.3. The Bertz CT molecular complexity index is 1240. The number of furan rings is 1. The lowest BCUT2D eigenvalue weighted by Gasteiger charge is -2.26. The molecule has 0 aliphatic rings. The van der Waals surface area contributed by atoms with Gasteiger partial charge in [0, 0.05) is 17.3 Å². The fourth-order valence-electron chi connectivity index (χ4n) is 3.68. The number of nitrogens with one attached hydrogen (secondary N) is 1. The van der Waals surface area contributed by atoms with Crippen LogP contribution in [0.25, 0.3) is 10.2 Å². The van der Waals surface area contributed by atoms with Gasteiger partial charge in [0.15, 0.2) is 5.82 Å². The molecule has 202 valence electrons. The number of hydrogen-bond acceptors (Lipinski definition) is 8. The van der Waals surface area contributed by atoms with E-state index in [4.69, 9.17) is 25.5 Å². The van der Waals surface area contributed by atoms with Crippen LogP contribution >= 0.6 is 22.9 Å². The molecule has 1 atom stereocenters. The van der Waals surface area contributed by atoms with Crippen molar-refractivity contribution in [2.75, 3.05) is 4.90 Å². The van der Waals surface area contributed by atoms with Crippen molar-refractivity contribution < 1.29 is 23.5 Å². The van der Waals surface area contributed by atoms with E-state index in [1.165, 1.54) is 16.2 Å². The van der Waals surface area contributed by atoms with Gasteiger partial charge in [0.05, 0.1) is 23.0 Å². The molecule has 0 saturated carbocycles. The minimum absolute atomic E-state index is 0.0227. The molecule has 0 aliphatic carbocycles. The number of rotatable bonds is 7. The Balaban J connectivity index is 2.02.